The van der Waals surface area contributed by atoms with Crippen LogP contribution in [-0.4, -0.2) is 32.3 Å². The van der Waals surface area contributed by atoms with Gasteiger partial charge in [-0.3, -0.25) is 9.69 Å². The molecule has 0 radical (unpaired) electrons. The Morgan fingerprint density at radius 1 is 1.39 bits per heavy atom. The van der Waals surface area contributed by atoms with Crippen molar-refractivity contribution < 1.29 is 9.53 Å². The minimum Gasteiger partial charge on any atom is -0.361 e. The maximum atomic E-state index is 13.0. The van der Waals surface area contributed by atoms with Gasteiger partial charge in [-0.05, 0) is 47.3 Å². The van der Waals surface area contributed by atoms with Gasteiger partial charge in [0.05, 0.1) is 5.41 Å². The Morgan fingerprint density at radius 3 is 2.65 bits per heavy atom. The molecule has 126 valence electrons. The number of pyridine rings is 1. The highest BCUT2D eigenvalue weighted by atomic mass is 79.9. The van der Waals surface area contributed by atoms with Crippen LogP contribution in [0.25, 0.3) is 0 Å². The van der Waals surface area contributed by atoms with Crippen molar-refractivity contribution in [2.24, 2.45) is 0 Å². The first-order valence-corrected chi connectivity index (χ1v) is 12.8. The Bertz CT molecular complexity index is 638. The van der Waals surface area contributed by atoms with Crippen molar-refractivity contribution in [3.05, 3.63) is 21.8 Å². The predicted molar refractivity (Wildman–Crippen MR) is 98.7 cm³/mol. The molecule has 0 saturated heterocycles. The van der Waals surface area contributed by atoms with E-state index in [9.17, 15) is 4.79 Å². The van der Waals surface area contributed by atoms with Gasteiger partial charge in [0.25, 0.3) is 0 Å². The van der Waals surface area contributed by atoms with Crippen molar-refractivity contribution in [3.8, 4) is 0 Å². The van der Waals surface area contributed by atoms with E-state index in [0.717, 1.165) is 53.3 Å². The molecule has 1 aromatic rings. The number of hydrogen-bond donors (Lipinski definition) is 0. The summed E-state index contributed by atoms with van der Waals surface area (Å²) in [5.41, 5.74) is 1.93. The first kappa shape index (κ1) is 17.1. The van der Waals surface area contributed by atoms with Gasteiger partial charge in [0, 0.05) is 30.9 Å². The number of fused-ring (bicyclic) bond motifs is 2. The summed E-state index contributed by atoms with van der Waals surface area (Å²) in [5.74, 6) is 0.990. The normalized spacial score (nSPS) is 19.2. The second-order valence-corrected chi connectivity index (χ2v) is 14.4. The number of ether oxygens (including phenoxy) is 1. The highest BCUT2D eigenvalue weighted by Crippen LogP contribution is 2.54. The van der Waals surface area contributed by atoms with Gasteiger partial charge in [-0.1, -0.05) is 26.1 Å². The van der Waals surface area contributed by atoms with E-state index in [2.05, 4.69) is 47.5 Å². The maximum Gasteiger partial charge on any atom is 0.240 e. The largest absolute Gasteiger partial charge is 0.361 e. The molecule has 4 nitrogen and oxygen atoms in total. The van der Waals surface area contributed by atoms with E-state index in [1.807, 2.05) is 0 Å². The van der Waals surface area contributed by atoms with Crippen molar-refractivity contribution in [1.29, 1.82) is 0 Å². The number of nitrogens with zero attached hydrogens (tertiary/aromatic N) is 2. The summed E-state index contributed by atoms with van der Waals surface area (Å²) < 4.78 is 6.82. The van der Waals surface area contributed by atoms with Crippen LogP contribution in [0.4, 0.5) is 5.82 Å². The Kier molecular flexibility index (Phi) is 4.44. The van der Waals surface area contributed by atoms with Gasteiger partial charge in [-0.15, -0.1) is 0 Å². The Labute approximate surface area is 147 Å². The lowest BCUT2D eigenvalue weighted by molar-refractivity contribution is -0.127. The summed E-state index contributed by atoms with van der Waals surface area (Å²) in [6, 6.07) is 1.11. The average molecular weight is 397 g/mol. The number of halogens is 1. The molecule has 6 heteroatoms. The van der Waals surface area contributed by atoms with Crippen LogP contribution in [0.1, 0.15) is 30.4 Å². The molecule has 3 rings (SSSR count). The lowest BCUT2D eigenvalue weighted by Gasteiger charge is -2.37. The lowest BCUT2D eigenvalue weighted by atomic mass is 9.64. The molecule has 1 aliphatic carbocycles. The summed E-state index contributed by atoms with van der Waals surface area (Å²) >= 11 is 3.56. The predicted octanol–water partition coefficient (Wildman–Crippen LogP) is 4.23. The molecule has 0 bridgehead atoms. The van der Waals surface area contributed by atoms with E-state index >= 15 is 0 Å². The number of carbonyl (C=O) groups is 1. The number of amides is 1. The fourth-order valence-corrected chi connectivity index (χ4v) is 4.51. The van der Waals surface area contributed by atoms with Crippen LogP contribution < -0.4 is 4.90 Å². The number of carbonyl (C=O) groups excluding carboxylic acids is 1. The van der Waals surface area contributed by atoms with Crippen LogP contribution in [0.3, 0.4) is 0 Å². The number of hydrogen-bond acceptors (Lipinski definition) is 3. The van der Waals surface area contributed by atoms with Crippen molar-refractivity contribution >= 4 is 35.7 Å². The van der Waals surface area contributed by atoms with E-state index in [1.165, 1.54) is 0 Å². The van der Waals surface area contributed by atoms with Crippen molar-refractivity contribution in [2.75, 3.05) is 18.2 Å². The Hall–Kier alpha value is -0.723. The molecular formula is C17H25BrN2O2Si. The molecule has 1 aromatic heterocycles. The quantitative estimate of drug-likeness (QED) is 0.552. The number of aromatic nitrogens is 1. The summed E-state index contributed by atoms with van der Waals surface area (Å²) in [6.45, 7) is 10.1. The lowest BCUT2D eigenvalue weighted by Crippen LogP contribution is -2.46. The average Bonchev–Trinajstić information content (AvgIpc) is 2.67. The van der Waals surface area contributed by atoms with Crippen LogP contribution in [0, 0.1) is 6.92 Å². The highest BCUT2D eigenvalue weighted by molar-refractivity contribution is 9.10. The standard InChI is InChI=1S/C17H25BrN2O2Si/c1-12-13(18)10-19-15-14(12)17(6-5-7-17)16(21)20(15)11-22-8-9-23(2,3)4/h10H,5-9,11H2,1-4H3. The Balaban J connectivity index is 1.81. The van der Waals surface area contributed by atoms with E-state index in [4.69, 9.17) is 4.74 Å². The van der Waals surface area contributed by atoms with Gasteiger partial charge < -0.3 is 4.74 Å². The highest BCUT2D eigenvalue weighted by Gasteiger charge is 2.56. The zero-order chi connectivity index (χ0) is 16.8. The third kappa shape index (κ3) is 2.89. The third-order valence-corrected chi connectivity index (χ3v) is 7.57. The summed E-state index contributed by atoms with van der Waals surface area (Å²) in [7, 11) is -1.11. The van der Waals surface area contributed by atoms with Gasteiger partial charge in [0.1, 0.15) is 12.5 Å². The first-order valence-electron chi connectivity index (χ1n) is 8.32. The fraction of sp³-hybridized carbons (Fsp3) is 0.647. The van der Waals surface area contributed by atoms with E-state index in [-0.39, 0.29) is 11.3 Å². The minimum absolute atomic E-state index is 0.181. The second-order valence-electron chi connectivity index (χ2n) is 7.95. The number of anilines is 1. The summed E-state index contributed by atoms with van der Waals surface area (Å²) in [5, 5.41) is 0. The fourth-order valence-electron chi connectivity index (χ4n) is 3.45. The van der Waals surface area contributed by atoms with Gasteiger partial charge in [0.15, 0.2) is 0 Å². The monoisotopic (exact) mass is 396 g/mol. The molecule has 1 saturated carbocycles. The van der Waals surface area contributed by atoms with Gasteiger partial charge >= 0.3 is 0 Å². The maximum absolute atomic E-state index is 13.0. The molecule has 0 aromatic carbocycles. The molecule has 0 unspecified atom stereocenters. The van der Waals surface area contributed by atoms with Crippen molar-refractivity contribution in [1.82, 2.24) is 4.98 Å². The molecular weight excluding hydrogens is 372 g/mol. The summed E-state index contributed by atoms with van der Waals surface area (Å²) in [6.07, 6.45) is 4.78. The first-order chi connectivity index (χ1) is 10.8. The van der Waals surface area contributed by atoms with Crippen molar-refractivity contribution in [3.63, 3.8) is 0 Å². The van der Waals surface area contributed by atoms with E-state index in [0.29, 0.717) is 6.73 Å². The van der Waals surface area contributed by atoms with E-state index in [1.54, 1.807) is 11.1 Å². The van der Waals surface area contributed by atoms with Gasteiger partial charge in [0.2, 0.25) is 5.91 Å². The van der Waals surface area contributed by atoms with Crippen molar-refractivity contribution in [2.45, 2.75) is 57.3 Å². The molecule has 2 heterocycles. The van der Waals surface area contributed by atoms with Crippen LogP contribution in [-0.2, 0) is 14.9 Å². The van der Waals surface area contributed by atoms with E-state index < -0.39 is 8.07 Å². The van der Waals surface area contributed by atoms with Gasteiger partial charge in [-0.25, -0.2) is 4.98 Å². The molecule has 0 atom stereocenters. The zero-order valence-electron chi connectivity index (χ0n) is 14.4. The number of rotatable bonds is 5. The van der Waals surface area contributed by atoms with Crippen LogP contribution in [0.5, 0.6) is 0 Å². The van der Waals surface area contributed by atoms with Gasteiger partial charge in [-0.2, -0.15) is 0 Å². The second kappa shape index (κ2) is 5.97. The molecule has 1 aliphatic heterocycles. The zero-order valence-corrected chi connectivity index (χ0v) is 17.0. The minimum atomic E-state index is -1.11. The molecule has 1 amide bonds. The van der Waals surface area contributed by atoms with Crippen LogP contribution in [0.15, 0.2) is 10.7 Å². The molecule has 0 N–H and O–H groups in total. The molecule has 23 heavy (non-hydrogen) atoms. The molecule has 2 aliphatic rings. The Morgan fingerprint density at radius 2 is 2.09 bits per heavy atom. The molecule has 1 spiro atoms. The smallest absolute Gasteiger partial charge is 0.240 e. The molecule has 1 fully saturated rings. The third-order valence-electron chi connectivity index (χ3n) is 5.07. The topological polar surface area (TPSA) is 42.4 Å². The van der Waals surface area contributed by atoms with Crippen LogP contribution in [0.2, 0.25) is 25.7 Å². The van der Waals surface area contributed by atoms with Crippen LogP contribution >= 0.6 is 15.9 Å². The summed E-state index contributed by atoms with van der Waals surface area (Å²) in [4.78, 5) is 19.3. The SMILES string of the molecule is Cc1c(Br)cnc2c1C1(CCC1)C(=O)N2COCC[Si](C)(C)C.